The van der Waals surface area contributed by atoms with Crippen molar-refractivity contribution in [1.82, 2.24) is 24.6 Å². The van der Waals surface area contributed by atoms with Gasteiger partial charge in [0.25, 0.3) is 5.56 Å². The molecule has 12 heteroatoms. The van der Waals surface area contributed by atoms with Gasteiger partial charge < -0.3 is 15.5 Å². The van der Waals surface area contributed by atoms with Crippen LogP contribution in [-0.2, 0) is 10.2 Å². The number of aryl methyl sites for hydroxylation is 2. The molecule has 1 saturated heterocycles. The number of hydrogen-bond donors (Lipinski definition) is 1. The lowest BCUT2D eigenvalue weighted by atomic mass is 9.34. The highest BCUT2D eigenvalue weighted by Crippen LogP contribution is 2.78. The van der Waals surface area contributed by atoms with E-state index < -0.39 is 23.1 Å². The highest BCUT2D eigenvalue weighted by atomic mass is 19.4. The Labute approximate surface area is 204 Å². The first-order valence-electron chi connectivity index (χ1n) is 11.9. The zero-order chi connectivity index (χ0) is 25.6. The summed E-state index contributed by atoms with van der Waals surface area (Å²) >= 11 is 0. The van der Waals surface area contributed by atoms with Gasteiger partial charge in [-0.25, -0.2) is 19.6 Å². The Balaban J connectivity index is 1.40. The molecule has 2 N–H and O–H groups in total. The number of alkyl halides is 3. The molecule has 2 atom stereocenters. The van der Waals surface area contributed by atoms with Crippen LogP contribution in [0.5, 0.6) is 0 Å². The maximum absolute atomic E-state index is 13.6. The molecule has 7 rings (SSSR count). The summed E-state index contributed by atoms with van der Waals surface area (Å²) in [6, 6.07) is 3.06. The molecule has 3 aromatic rings. The van der Waals surface area contributed by atoms with Gasteiger partial charge in [0, 0.05) is 29.8 Å². The van der Waals surface area contributed by atoms with Crippen molar-refractivity contribution in [3.63, 3.8) is 0 Å². The van der Waals surface area contributed by atoms with Crippen molar-refractivity contribution in [3.8, 4) is 0 Å². The SMILES string of the molecule is Cc1nc2nc(N3C[C@@H](C)O[C@@H](c4ccc(=O)n(N)c4)C3)nc(C34CC(C(F)(F)F)(C3)C4)c2nc1C. The largest absolute Gasteiger partial charge is 0.394 e. The van der Waals surface area contributed by atoms with Gasteiger partial charge in [0.1, 0.15) is 11.6 Å². The van der Waals surface area contributed by atoms with Crippen LogP contribution < -0.4 is 16.3 Å². The summed E-state index contributed by atoms with van der Waals surface area (Å²) in [7, 11) is 0. The van der Waals surface area contributed by atoms with E-state index in [0.717, 1.165) is 10.2 Å². The number of halogens is 3. The third-order valence-corrected chi connectivity index (χ3v) is 7.94. The third kappa shape index (κ3) is 3.30. The summed E-state index contributed by atoms with van der Waals surface area (Å²) in [4.78, 5) is 32.5. The number of nitrogens with two attached hydrogens (primary N) is 1. The van der Waals surface area contributed by atoms with Crippen molar-refractivity contribution in [2.75, 3.05) is 23.8 Å². The Morgan fingerprint density at radius 2 is 1.75 bits per heavy atom. The van der Waals surface area contributed by atoms with Crippen molar-refractivity contribution in [2.45, 2.75) is 63.8 Å². The fourth-order valence-corrected chi connectivity index (χ4v) is 5.96. The van der Waals surface area contributed by atoms with E-state index >= 15 is 0 Å². The third-order valence-electron chi connectivity index (χ3n) is 7.94. The zero-order valence-electron chi connectivity index (χ0n) is 20.1. The van der Waals surface area contributed by atoms with Gasteiger partial charge in [-0.1, -0.05) is 0 Å². The second-order valence-electron chi connectivity index (χ2n) is 10.6. The molecule has 3 aliphatic carbocycles. The molecule has 2 bridgehead atoms. The summed E-state index contributed by atoms with van der Waals surface area (Å²) in [6.45, 7) is 6.44. The van der Waals surface area contributed by atoms with Crippen LogP contribution in [0.15, 0.2) is 23.1 Å². The number of anilines is 1. The van der Waals surface area contributed by atoms with Crippen molar-refractivity contribution in [3.05, 3.63) is 51.3 Å². The summed E-state index contributed by atoms with van der Waals surface area (Å²) in [5.74, 6) is 6.14. The zero-order valence-corrected chi connectivity index (χ0v) is 20.1. The molecule has 0 amide bonds. The smallest absolute Gasteiger partial charge is 0.367 e. The highest BCUT2D eigenvalue weighted by molar-refractivity contribution is 5.77. The molecular weight excluding hydrogens is 475 g/mol. The number of hydrogen-bond acceptors (Lipinski definition) is 8. The first-order valence-corrected chi connectivity index (χ1v) is 11.9. The number of ether oxygens (including phenoxy) is 1. The summed E-state index contributed by atoms with van der Waals surface area (Å²) < 4.78 is 47.9. The molecule has 0 spiro atoms. The Morgan fingerprint density at radius 3 is 2.42 bits per heavy atom. The molecule has 1 aliphatic heterocycles. The molecule has 3 aromatic heterocycles. The maximum atomic E-state index is 13.6. The highest BCUT2D eigenvalue weighted by Gasteiger charge is 2.79. The predicted octanol–water partition coefficient (Wildman–Crippen LogP) is 2.86. The molecular formula is C24H26F3N7O2. The van der Waals surface area contributed by atoms with Gasteiger partial charge in [0.05, 0.1) is 35.1 Å². The minimum absolute atomic E-state index is 0.0177. The van der Waals surface area contributed by atoms with Gasteiger partial charge in [-0.15, -0.1) is 0 Å². The molecule has 0 unspecified atom stereocenters. The van der Waals surface area contributed by atoms with Gasteiger partial charge in [0.15, 0.2) is 5.65 Å². The van der Waals surface area contributed by atoms with E-state index in [1.165, 1.54) is 12.3 Å². The molecule has 4 fully saturated rings. The molecule has 4 aliphatic rings. The molecule has 4 heterocycles. The van der Waals surface area contributed by atoms with Gasteiger partial charge >= 0.3 is 6.18 Å². The van der Waals surface area contributed by atoms with E-state index in [9.17, 15) is 18.0 Å². The van der Waals surface area contributed by atoms with Crippen LogP contribution in [0.3, 0.4) is 0 Å². The van der Waals surface area contributed by atoms with Gasteiger partial charge in [0.2, 0.25) is 5.95 Å². The molecule has 0 radical (unpaired) electrons. The average Bonchev–Trinajstić information content (AvgIpc) is 2.73. The predicted molar refractivity (Wildman–Crippen MR) is 125 cm³/mol. The molecule has 0 aromatic carbocycles. The summed E-state index contributed by atoms with van der Waals surface area (Å²) in [5.41, 5.74) is 0.954. The lowest BCUT2D eigenvalue weighted by Gasteiger charge is -2.70. The number of morpholine rings is 1. The van der Waals surface area contributed by atoms with E-state index in [2.05, 4.69) is 9.97 Å². The van der Waals surface area contributed by atoms with Crippen LogP contribution in [0, 0.1) is 19.3 Å². The first kappa shape index (κ1) is 23.1. The van der Waals surface area contributed by atoms with Gasteiger partial charge in [-0.3, -0.25) is 4.79 Å². The van der Waals surface area contributed by atoms with Crippen molar-refractivity contribution < 1.29 is 17.9 Å². The lowest BCUT2D eigenvalue weighted by molar-refractivity contribution is -0.337. The Morgan fingerprint density at radius 1 is 1.06 bits per heavy atom. The average molecular weight is 502 g/mol. The number of nitrogens with zero attached hydrogens (tertiary/aromatic N) is 6. The first-order chi connectivity index (χ1) is 16.9. The van der Waals surface area contributed by atoms with Crippen LogP contribution in [0.1, 0.15) is 54.9 Å². The van der Waals surface area contributed by atoms with Gasteiger partial charge in [-0.05, 0) is 46.1 Å². The lowest BCUT2D eigenvalue weighted by Crippen LogP contribution is -2.70. The van der Waals surface area contributed by atoms with Crippen molar-refractivity contribution in [2.24, 2.45) is 5.41 Å². The molecule has 36 heavy (non-hydrogen) atoms. The fourth-order valence-electron chi connectivity index (χ4n) is 5.96. The van der Waals surface area contributed by atoms with Crippen LogP contribution in [0.4, 0.5) is 19.1 Å². The van der Waals surface area contributed by atoms with Crippen molar-refractivity contribution >= 4 is 17.1 Å². The van der Waals surface area contributed by atoms with Gasteiger partial charge in [-0.2, -0.15) is 18.2 Å². The van der Waals surface area contributed by atoms with E-state index in [-0.39, 0.29) is 30.9 Å². The summed E-state index contributed by atoms with van der Waals surface area (Å²) in [6.07, 6.45) is -3.23. The van der Waals surface area contributed by atoms with E-state index in [0.29, 0.717) is 47.3 Å². The van der Waals surface area contributed by atoms with E-state index in [1.54, 1.807) is 6.07 Å². The minimum atomic E-state index is -4.22. The Bertz CT molecular complexity index is 1430. The number of rotatable bonds is 3. The molecule has 190 valence electrons. The second-order valence-corrected chi connectivity index (χ2v) is 10.6. The Hall–Kier alpha value is -3.28. The molecule has 3 saturated carbocycles. The molecule has 9 nitrogen and oxygen atoms in total. The van der Waals surface area contributed by atoms with Crippen LogP contribution in [-0.4, -0.2) is 50.0 Å². The fraction of sp³-hybridized carbons (Fsp3) is 0.542. The number of aromatic nitrogens is 5. The van der Waals surface area contributed by atoms with E-state index in [4.69, 9.17) is 20.5 Å². The quantitative estimate of drug-likeness (QED) is 0.546. The normalized spacial score (nSPS) is 29.7. The van der Waals surface area contributed by atoms with Crippen LogP contribution >= 0.6 is 0 Å². The standard InChI is InChI=1S/C24H26F3N7O2/c1-12-6-33(8-16(36-12)15-4-5-17(35)34(28)7-15)21-31-19(18-20(32-21)30-14(3)13(2)29-18)22-9-23(10-22,11-22)24(25,26)27/h4-5,7,12,16H,6,8-11,28H2,1-3H3/t12-,16-,22?,23?/m1/s1. The number of pyridine rings is 1. The van der Waals surface area contributed by atoms with E-state index in [1.807, 2.05) is 25.7 Å². The monoisotopic (exact) mass is 501 g/mol. The summed E-state index contributed by atoms with van der Waals surface area (Å²) in [5, 5.41) is 0. The minimum Gasteiger partial charge on any atom is -0.367 e. The number of fused-ring (bicyclic) bond motifs is 1. The maximum Gasteiger partial charge on any atom is 0.394 e. The van der Waals surface area contributed by atoms with Crippen LogP contribution in [0.2, 0.25) is 0 Å². The Kier molecular flexibility index (Phi) is 4.74. The van der Waals surface area contributed by atoms with Crippen LogP contribution in [0.25, 0.3) is 11.2 Å². The topological polar surface area (TPSA) is 112 Å². The second kappa shape index (κ2) is 7.37. The van der Waals surface area contributed by atoms with Crippen molar-refractivity contribution in [1.29, 1.82) is 0 Å². The number of nitrogen functional groups attached to an aromatic ring is 1.